The number of hydrogen-bond acceptors (Lipinski definition) is 7. The van der Waals surface area contributed by atoms with E-state index < -0.39 is 13.9 Å². The van der Waals surface area contributed by atoms with Crippen LogP contribution in [0.2, 0.25) is 0 Å². The molecule has 0 aliphatic rings. The van der Waals surface area contributed by atoms with Crippen molar-refractivity contribution in [1.29, 1.82) is 0 Å². The number of unbranched alkanes of at least 4 members (excludes halogenated alkanes) is 30. The predicted octanol–water partition coefficient (Wildman–Crippen LogP) is 13.0. The summed E-state index contributed by atoms with van der Waals surface area (Å²) in [6.45, 7) is 5.46. The Morgan fingerprint density at radius 1 is 0.500 bits per heavy atom. The standard InChI is InChI=1S/C45H92NO7P/c1-6-8-10-12-14-16-18-19-20-21-22-23-24-25-26-27-29-31-33-35-37-40-50-42-44(43-52-54(48,49)51-41-39-46(3,4)5)53-45(47)38-36-34-32-30-28-17-15-13-11-9-7-2/h44H,6-43H2,1-5H3. The summed E-state index contributed by atoms with van der Waals surface area (Å²) in [5.41, 5.74) is 0. The van der Waals surface area contributed by atoms with Gasteiger partial charge in [-0.2, -0.15) is 0 Å². The molecule has 9 heteroatoms. The molecule has 0 bridgehead atoms. The molecule has 324 valence electrons. The quantitative estimate of drug-likeness (QED) is 0.0262. The van der Waals surface area contributed by atoms with E-state index in [9.17, 15) is 14.3 Å². The van der Waals surface area contributed by atoms with Crippen LogP contribution < -0.4 is 4.89 Å². The Bertz CT molecular complexity index is 837. The Kier molecular flexibility index (Phi) is 39.0. The van der Waals surface area contributed by atoms with Crippen LogP contribution in [-0.4, -0.2) is 70.7 Å². The number of quaternary nitrogens is 1. The van der Waals surface area contributed by atoms with Gasteiger partial charge >= 0.3 is 5.97 Å². The Morgan fingerprint density at radius 2 is 0.852 bits per heavy atom. The van der Waals surface area contributed by atoms with Crippen LogP contribution in [0.1, 0.15) is 226 Å². The highest BCUT2D eigenvalue weighted by Crippen LogP contribution is 2.38. The molecule has 0 aliphatic carbocycles. The first-order valence-corrected chi connectivity index (χ1v) is 24.7. The monoisotopic (exact) mass is 790 g/mol. The molecule has 0 heterocycles. The van der Waals surface area contributed by atoms with E-state index in [2.05, 4.69) is 13.8 Å². The van der Waals surface area contributed by atoms with E-state index in [4.69, 9.17) is 18.5 Å². The van der Waals surface area contributed by atoms with Crippen LogP contribution in [0, 0.1) is 0 Å². The summed E-state index contributed by atoms with van der Waals surface area (Å²) in [5, 5.41) is 0. The van der Waals surface area contributed by atoms with Crippen molar-refractivity contribution in [2.24, 2.45) is 0 Å². The first-order valence-electron chi connectivity index (χ1n) is 23.3. The normalized spacial score (nSPS) is 13.7. The number of esters is 1. The van der Waals surface area contributed by atoms with Gasteiger partial charge in [-0.05, 0) is 12.8 Å². The summed E-state index contributed by atoms with van der Waals surface area (Å²) in [4.78, 5) is 25.0. The average Bonchev–Trinajstić information content (AvgIpc) is 3.12. The lowest BCUT2D eigenvalue weighted by Gasteiger charge is -2.28. The van der Waals surface area contributed by atoms with Gasteiger partial charge in [0.1, 0.15) is 19.3 Å². The van der Waals surface area contributed by atoms with Crippen molar-refractivity contribution in [2.45, 2.75) is 232 Å². The molecule has 0 saturated carbocycles. The summed E-state index contributed by atoms with van der Waals surface area (Å²) in [6.07, 6.45) is 41.2. The average molecular weight is 790 g/mol. The summed E-state index contributed by atoms with van der Waals surface area (Å²) in [7, 11) is 1.37. The number of nitrogens with zero attached hydrogens (tertiary/aromatic N) is 1. The van der Waals surface area contributed by atoms with E-state index in [1.54, 1.807) is 0 Å². The number of carbonyl (C=O) groups excluding carboxylic acids is 1. The highest BCUT2D eigenvalue weighted by molar-refractivity contribution is 7.45. The van der Waals surface area contributed by atoms with E-state index in [1.165, 1.54) is 173 Å². The van der Waals surface area contributed by atoms with Gasteiger partial charge in [0.2, 0.25) is 0 Å². The van der Waals surface area contributed by atoms with Crippen LogP contribution in [0.25, 0.3) is 0 Å². The molecule has 0 amide bonds. The van der Waals surface area contributed by atoms with Crippen LogP contribution in [0.3, 0.4) is 0 Å². The zero-order chi connectivity index (χ0) is 39.9. The fourth-order valence-corrected chi connectivity index (χ4v) is 7.51. The van der Waals surface area contributed by atoms with E-state index in [1.807, 2.05) is 21.1 Å². The van der Waals surface area contributed by atoms with Crippen molar-refractivity contribution in [2.75, 3.05) is 54.1 Å². The smallest absolute Gasteiger partial charge is 0.306 e. The van der Waals surface area contributed by atoms with Gasteiger partial charge in [-0.1, -0.05) is 206 Å². The van der Waals surface area contributed by atoms with Gasteiger partial charge in [0.25, 0.3) is 7.82 Å². The zero-order valence-corrected chi connectivity index (χ0v) is 37.6. The van der Waals surface area contributed by atoms with Crippen LogP contribution in [0.15, 0.2) is 0 Å². The van der Waals surface area contributed by atoms with Crippen molar-refractivity contribution in [3.8, 4) is 0 Å². The molecule has 0 rings (SSSR count). The Labute approximate surface area is 336 Å². The second-order valence-corrected chi connectivity index (χ2v) is 18.5. The van der Waals surface area contributed by atoms with Crippen molar-refractivity contribution in [3.63, 3.8) is 0 Å². The lowest BCUT2D eigenvalue weighted by atomic mass is 10.0. The minimum absolute atomic E-state index is 0.0313. The summed E-state index contributed by atoms with van der Waals surface area (Å²) < 4.78 is 34.6. The number of ether oxygens (including phenoxy) is 2. The molecule has 54 heavy (non-hydrogen) atoms. The first-order chi connectivity index (χ1) is 26.1. The molecule has 0 aromatic rings. The fourth-order valence-electron chi connectivity index (χ4n) is 6.78. The van der Waals surface area contributed by atoms with Gasteiger partial charge in [-0.3, -0.25) is 9.36 Å². The Balaban J connectivity index is 4.06. The van der Waals surface area contributed by atoms with E-state index in [0.29, 0.717) is 24.1 Å². The summed E-state index contributed by atoms with van der Waals surface area (Å²) in [5.74, 6) is -0.330. The lowest BCUT2D eigenvalue weighted by Crippen LogP contribution is -2.37. The van der Waals surface area contributed by atoms with Crippen LogP contribution in [0.5, 0.6) is 0 Å². The van der Waals surface area contributed by atoms with Gasteiger partial charge in [0.15, 0.2) is 0 Å². The van der Waals surface area contributed by atoms with Crippen molar-refractivity contribution in [1.82, 2.24) is 0 Å². The zero-order valence-electron chi connectivity index (χ0n) is 36.7. The van der Waals surface area contributed by atoms with Crippen molar-refractivity contribution >= 4 is 13.8 Å². The van der Waals surface area contributed by atoms with Gasteiger partial charge in [0, 0.05) is 13.0 Å². The van der Waals surface area contributed by atoms with Crippen LogP contribution in [0.4, 0.5) is 0 Å². The maximum absolute atomic E-state index is 12.6. The number of rotatable bonds is 44. The second-order valence-electron chi connectivity index (χ2n) is 17.1. The minimum Gasteiger partial charge on any atom is -0.756 e. The number of likely N-dealkylation sites (N-methyl/N-ethyl adjacent to an activating group) is 1. The molecular formula is C45H92NO7P. The van der Waals surface area contributed by atoms with Gasteiger partial charge in [-0.15, -0.1) is 0 Å². The third kappa shape index (κ3) is 42.6. The van der Waals surface area contributed by atoms with E-state index >= 15 is 0 Å². The number of phosphoric ester groups is 1. The molecular weight excluding hydrogens is 697 g/mol. The number of phosphoric acid groups is 1. The van der Waals surface area contributed by atoms with Gasteiger partial charge < -0.3 is 27.9 Å². The molecule has 0 aromatic carbocycles. The molecule has 0 spiro atoms. The minimum atomic E-state index is -4.51. The predicted molar refractivity (Wildman–Crippen MR) is 227 cm³/mol. The lowest BCUT2D eigenvalue weighted by molar-refractivity contribution is -0.870. The molecule has 0 aromatic heterocycles. The fraction of sp³-hybridized carbons (Fsp3) is 0.978. The van der Waals surface area contributed by atoms with E-state index in [0.717, 1.165) is 32.1 Å². The third-order valence-electron chi connectivity index (χ3n) is 10.4. The molecule has 0 N–H and O–H groups in total. The number of hydrogen-bond donors (Lipinski definition) is 0. The molecule has 8 nitrogen and oxygen atoms in total. The Hall–Kier alpha value is -0.500. The summed E-state index contributed by atoms with van der Waals surface area (Å²) in [6, 6.07) is 0. The molecule has 2 atom stereocenters. The van der Waals surface area contributed by atoms with Crippen LogP contribution in [-0.2, 0) is 27.9 Å². The van der Waals surface area contributed by atoms with E-state index in [-0.39, 0.29) is 25.8 Å². The maximum atomic E-state index is 12.6. The third-order valence-corrected chi connectivity index (χ3v) is 11.4. The topological polar surface area (TPSA) is 94.1 Å². The molecule has 0 saturated heterocycles. The van der Waals surface area contributed by atoms with Crippen LogP contribution >= 0.6 is 7.82 Å². The van der Waals surface area contributed by atoms with Crippen molar-refractivity contribution < 1.29 is 37.3 Å². The Morgan fingerprint density at radius 3 is 1.22 bits per heavy atom. The molecule has 0 fully saturated rings. The maximum Gasteiger partial charge on any atom is 0.306 e. The largest absolute Gasteiger partial charge is 0.756 e. The van der Waals surface area contributed by atoms with Gasteiger partial charge in [0.05, 0.1) is 34.4 Å². The SMILES string of the molecule is CCCCCCCCCCCCCCCCCCCCCCCOCC(COP(=O)([O-])OCC[N+](C)(C)C)OC(=O)CCCCCCCCCCCCC. The highest BCUT2D eigenvalue weighted by atomic mass is 31.2. The summed E-state index contributed by atoms with van der Waals surface area (Å²) >= 11 is 0. The van der Waals surface area contributed by atoms with Gasteiger partial charge in [-0.25, -0.2) is 0 Å². The molecule has 2 unspecified atom stereocenters. The molecule has 0 radical (unpaired) electrons. The number of carbonyl (C=O) groups is 1. The first kappa shape index (κ1) is 53.5. The second kappa shape index (κ2) is 39.3. The molecule has 0 aliphatic heterocycles. The highest BCUT2D eigenvalue weighted by Gasteiger charge is 2.20. The van der Waals surface area contributed by atoms with Crippen molar-refractivity contribution in [3.05, 3.63) is 0 Å².